The van der Waals surface area contributed by atoms with Gasteiger partial charge in [-0.05, 0) is 75.8 Å². The van der Waals surface area contributed by atoms with Crippen LogP contribution in [0.1, 0.15) is 48.4 Å². The lowest BCUT2D eigenvalue weighted by atomic mass is 9.96. The number of amides is 1. The summed E-state index contributed by atoms with van der Waals surface area (Å²) in [6, 6.07) is 2.05. The Morgan fingerprint density at radius 1 is 0.933 bits per heavy atom. The van der Waals surface area contributed by atoms with Crippen LogP contribution in [0, 0.1) is 33.6 Å². The van der Waals surface area contributed by atoms with Crippen molar-refractivity contribution in [3.05, 3.63) is 28.3 Å². The number of piperidine rings is 1. The van der Waals surface area contributed by atoms with Gasteiger partial charge in [0.05, 0.1) is 4.90 Å². The normalized spacial score (nSPS) is 20.0. The van der Waals surface area contributed by atoms with E-state index in [2.05, 4.69) is 17.9 Å². The molecule has 168 valence electrons. The van der Waals surface area contributed by atoms with Gasteiger partial charge in [-0.2, -0.15) is 4.31 Å². The van der Waals surface area contributed by atoms with Crippen LogP contribution in [0.25, 0.3) is 0 Å². The van der Waals surface area contributed by atoms with E-state index in [4.69, 9.17) is 0 Å². The van der Waals surface area contributed by atoms with Crippen LogP contribution < -0.4 is 0 Å². The molecule has 0 saturated carbocycles. The van der Waals surface area contributed by atoms with E-state index >= 15 is 0 Å². The molecule has 0 N–H and O–H groups in total. The van der Waals surface area contributed by atoms with Crippen LogP contribution in [0.3, 0.4) is 0 Å². The second-order valence-corrected chi connectivity index (χ2v) is 10.8. The summed E-state index contributed by atoms with van der Waals surface area (Å²) in [5, 5.41) is 0. The predicted molar refractivity (Wildman–Crippen MR) is 120 cm³/mol. The average molecular weight is 436 g/mol. The van der Waals surface area contributed by atoms with E-state index in [0.29, 0.717) is 30.8 Å². The molecule has 1 aromatic carbocycles. The van der Waals surface area contributed by atoms with Crippen molar-refractivity contribution in [2.24, 2.45) is 5.92 Å². The van der Waals surface area contributed by atoms with Crippen molar-refractivity contribution >= 4 is 15.9 Å². The first-order chi connectivity index (χ1) is 14.2. The molecule has 30 heavy (non-hydrogen) atoms. The van der Waals surface area contributed by atoms with Crippen LogP contribution in [-0.4, -0.2) is 74.2 Å². The number of aryl methyl sites for hydroxylation is 2. The molecule has 0 spiro atoms. The number of carbonyl (C=O) groups is 1. The molecule has 0 aliphatic carbocycles. The zero-order valence-corrected chi connectivity index (χ0v) is 20.0. The molecule has 0 aromatic heterocycles. The first-order valence-corrected chi connectivity index (χ1v) is 12.7. The molecule has 2 saturated heterocycles. The molecule has 0 bridgehead atoms. The second kappa shape index (κ2) is 9.37. The summed E-state index contributed by atoms with van der Waals surface area (Å²) in [4.78, 5) is 17.8. The highest BCUT2D eigenvalue weighted by Gasteiger charge is 2.36. The molecule has 7 heteroatoms. The van der Waals surface area contributed by atoms with Crippen molar-refractivity contribution in [3.63, 3.8) is 0 Å². The molecule has 2 aliphatic heterocycles. The maximum atomic E-state index is 13.4. The highest BCUT2D eigenvalue weighted by Crippen LogP contribution is 2.31. The maximum Gasteiger partial charge on any atom is 0.243 e. The zero-order valence-electron chi connectivity index (χ0n) is 19.2. The van der Waals surface area contributed by atoms with Crippen molar-refractivity contribution in [2.75, 3.05) is 45.8 Å². The summed E-state index contributed by atoms with van der Waals surface area (Å²) < 4.78 is 28.5. The van der Waals surface area contributed by atoms with Crippen LogP contribution in [-0.2, 0) is 14.8 Å². The van der Waals surface area contributed by atoms with Crippen LogP contribution in [0.4, 0.5) is 0 Å². The van der Waals surface area contributed by atoms with Crippen molar-refractivity contribution in [2.45, 2.75) is 58.8 Å². The number of nitrogens with zero attached hydrogens (tertiary/aromatic N) is 3. The molecule has 0 radical (unpaired) electrons. The van der Waals surface area contributed by atoms with E-state index in [1.165, 1.54) is 0 Å². The van der Waals surface area contributed by atoms with Crippen LogP contribution in [0.5, 0.6) is 0 Å². The fraction of sp³-hybridized carbons (Fsp3) is 0.696. The molecule has 1 amide bonds. The molecule has 2 heterocycles. The first-order valence-electron chi connectivity index (χ1n) is 11.3. The van der Waals surface area contributed by atoms with E-state index in [-0.39, 0.29) is 11.8 Å². The van der Waals surface area contributed by atoms with Gasteiger partial charge in [-0.15, -0.1) is 0 Å². The third-order valence-corrected chi connectivity index (χ3v) is 9.10. The number of piperazine rings is 1. The van der Waals surface area contributed by atoms with Crippen LogP contribution in [0.15, 0.2) is 11.0 Å². The van der Waals surface area contributed by atoms with E-state index < -0.39 is 10.0 Å². The molecule has 1 aromatic rings. The van der Waals surface area contributed by atoms with Crippen LogP contribution >= 0.6 is 0 Å². The Morgan fingerprint density at radius 2 is 1.47 bits per heavy atom. The zero-order chi connectivity index (χ0) is 22.1. The van der Waals surface area contributed by atoms with Crippen molar-refractivity contribution in [1.29, 1.82) is 0 Å². The van der Waals surface area contributed by atoms with E-state index in [9.17, 15) is 13.2 Å². The first kappa shape index (κ1) is 23.2. The lowest BCUT2D eigenvalue weighted by Crippen LogP contribution is -2.52. The fourth-order valence-electron chi connectivity index (χ4n) is 4.81. The molecule has 3 rings (SSSR count). The lowest BCUT2D eigenvalue weighted by Gasteiger charge is -2.38. The topological polar surface area (TPSA) is 60.9 Å². The Bertz CT molecular complexity index is 855. The summed E-state index contributed by atoms with van der Waals surface area (Å²) in [7, 11) is -3.55. The number of sulfonamides is 1. The number of hydrogen-bond acceptors (Lipinski definition) is 4. The highest BCUT2D eigenvalue weighted by molar-refractivity contribution is 7.89. The molecular weight excluding hydrogens is 398 g/mol. The minimum Gasteiger partial charge on any atom is -0.340 e. The van der Waals surface area contributed by atoms with E-state index in [1.54, 1.807) is 4.31 Å². The van der Waals surface area contributed by atoms with Crippen molar-refractivity contribution in [3.8, 4) is 0 Å². The fourth-order valence-corrected chi connectivity index (χ4v) is 6.85. The number of hydrogen-bond donors (Lipinski definition) is 0. The Hall–Kier alpha value is -1.44. The van der Waals surface area contributed by atoms with Crippen LogP contribution in [0.2, 0.25) is 0 Å². The number of rotatable bonds is 5. The number of benzene rings is 1. The van der Waals surface area contributed by atoms with Crippen molar-refractivity contribution in [1.82, 2.24) is 14.1 Å². The molecule has 6 nitrogen and oxygen atoms in total. The smallest absolute Gasteiger partial charge is 0.243 e. The summed E-state index contributed by atoms with van der Waals surface area (Å²) in [6.45, 7) is 15.3. The summed E-state index contributed by atoms with van der Waals surface area (Å²) >= 11 is 0. The van der Waals surface area contributed by atoms with Gasteiger partial charge in [0, 0.05) is 45.2 Å². The Balaban J connectivity index is 1.65. The predicted octanol–water partition coefficient (Wildman–Crippen LogP) is 2.88. The maximum absolute atomic E-state index is 13.4. The van der Waals surface area contributed by atoms with Gasteiger partial charge in [0.15, 0.2) is 0 Å². The third-order valence-electron chi connectivity index (χ3n) is 6.92. The quantitative estimate of drug-likeness (QED) is 0.714. The van der Waals surface area contributed by atoms with E-state index in [1.807, 2.05) is 32.6 Å². The third kappa shape index (κ3) is 4.58. The van der Waals surface area contributed by atoms with Gasteiger partial charge in [-0.25, -0.2) is 8.42 Å². The van der Waals surface area contributed by atoms with Gasteiger partial charge in [-0.1, -0.05) is 13.0 Å². The van der Waals surface area contributed by atoms with E-state index in [0.717, 1.165) is 61.4 Å². The summed E-state index contributed by atoms with van der Waals surface area (Å²) in [5.41, 5.74) is 3.68. The largest absolute Gasteiger partial charge is 0.340 e. The Morgan fingerprint density at radius 3 is 1.97 bits per heavy atom. The molecule has 2 aliphatic rings. The van der Waals surface area contributed by atoms with Gasteiger partial charge < -0.3 is 4.90 Å². The summed E-state index contributed by atoms with van der Waals surface area (Å²) in [6.07, 6.45) is 2.35. The highest BCUT2D eigenvalue weighted by atomic mass is 32.2. The molecular formula is C23H37N3O3S. The molecule has 2 fully saturated rings. The number of carbonyl (C=O) groups excluding carboxylic acids is 1. The average Bonchev–Trinajstić information content (AvgIpc) is 2.73. The second-order valence-electron chi connectivity index (χ2n) is 8.93. The van der Waals surface area contributed by atoms with Gasteiger partial charge >= 0.3 is 0 Å². The Kier molecular flexibility index (Phi) is 7.25. The minimum absolute atomic E-state index is 0.0596. The SMILES string of the molecule is CCCN1CCN(C(=O)C2CCN(S(=O)(=O)c3c(C)c(C)cc(C)c3C)CC2)CC1. The molecule has 0 atom stereocenters. The standard InChI is InChI=1S/C23H37N3O3S/c1-6-9-24-12-14-25(15-13-24)23(27)21-7-10-26(11-8-21)30(28,29)22-19(4)17(2)16-18(3)20(22)5/h16,21H,6-15H2,1-5H3. The van der Waals surface area contributed by atoms with Gasteiger partial charge in [0.1, 0.15) is 0 Å². The van der Waals surface area contributed by atoms with Gasteiger partial charge in [-0.3, -0.25) is 9.69 Å². The van der Waals surface area contributed by atoms with Gasteiger partial charge in [0.2, 0.25) is 15.9 Å². The minimum atomic E-state index is -3.55. The molecule has 0 unspecified atom stereocenters. The van der Waals surface area contributed by atoms with Gasteiger partial charge in [0.25, 0.3) is 0 Å². The Labute approximate surface area is 182 Å². The van der Waals surface area contributed by atoms with Crippen molar-refractivity contribution < 1.29 is 13.2 Å². The summed E-state index contributed by atoms with van der Waals surface area (Å²) in [5.74, 6) is 0.151. The monoisotopic (exact) mass is 435 g/mol. The lowest BCUT2D eigenvalue weighted by molar-refractivity contribution is -0.138.